The molecule has 1 atom stereocenters. The highest BCUT2D eigenvalue weighted by molar-refractivity contribution is 6.04. The van der Waals surface area contributed by atoms with Crippen LogP contribution in [0.15, 0.2) is 60.8 Å². The molecule has 0 N–H and O–H groups in total. The number of nitrogens with zero attached hydrogens (tertiary/aromatic N) is 5. The van der Waals surface area contributed by atoms with E-state index >= 15 is 0 Å². The Morgan fingerprint density at radius 2 is 2.17 bits per heavy atom. The van der Waals surface area contributed by atoms with Crippen molar-refractivity contribution in [2.24, 2.45) is 0 Å². The number of hydrogen-bond donors (Lipinski definition) is 0. The number of fused-ring (bicyclic) bond motifs is 1. The van der Waals surface area contributed by atoms with E-state index in [-0.39, 0.29) is 6.17 Å². The van der Waals surface area contributed by atoms with Gasteiger partial charge in [0.15, 0.2) is 13.6 Å². The van der Waals surface area contributed by atoms with Gasteiger partial charge in [-0.3, -0.25) is 0 Å². The number of benzene rings is 1. The minimum absolute atomic E-state index is 0.00366. The fourth-order valence-corrected chi connectivity index (χ4v) is 3.47. The van der Waals surface area contributed by atoms with Gasteiger partial charge in [0.1, 0.15) is 23.5 Å². The van der Waals surface area contributed by atoms with E-state index in [0.29, 0.717) is 11.5 Å². The van der Waals surface area contributed by atoms with Crippen LogP contribution in [0.4, 0.5) is 0 Å². The van der Waals surface area contributed by atoms with E-state index in [9.17, 15) is 0 Å². The van der Waals surface area contributed by atoms with Crippen molar-refractivity contribution in [3.63, 3.8) is 0 Å². The van der Waals surface area contributed by atoms with Crippen LogP contribution in [-0.2, 0) is 0 Å². The highest BCUT2D eigenvalue weighted by atomic mass is 16.5. The Morgan fingerprint density at radius 1 is 1.34 bits per heavy atom. The number of hydrogen-bond acceptors (Lipinski definition) is 5. The fourth-order valence-electron chi connectivity index (χ4n) is 3.47. The van der Waals surface area contributed by atoms with Gasteiger partial charge in [0.2, 0.25) is 0 Å². The molecule has 0 amide bonds. The van der Waals surface area contributed by atoms with E-state index in [1.54, 1.807) is 24.7 Å². The normalized spacial score (nSPS) is 17.8. The molecule has 4 rings (SSSR count). The van der Waals surface area contributed by atoms with Gasteiger partial charge in [0.25, 0.3) is 0 Å². The van der Waals surface area contributed by atoms with Crippen LogP contribution in [0, 0.1) is 12.3 Å². The van der Waals surface area contributed by atoms with Crippen LogP contribution in [0.3, 0.4) is 0 Å². The van der Waals surface area contributed by atoms with Crippen molar-refractivity contribution in [2.45, 2.75) is 25.9 Å². The Kier molecular flexibility index (Phi) is 5.45. The van der Waals surface area contributed by atoms with E-state index in [4.69, 9.17) is 24.2 Å². The van der Waals surface area contributed by atoms with Gasteiger partial charge in [-0.15, -0.1) is 6.42 Å². The SMILES string of the molecule is [B]N1CCCC1n1nc(-c2ccc(OC(/C=C\C#C)=C/C)cc2)c2cncnc21. The third kappa shape index (κ3) is 3.80. The smallest absolute Gasteiger partial charge is 0.185 e. The monoisotopic (exact) mass is 381 g/mol. The summed E-state index contributed by atoms with van der Waals surface area (Å²) in [5.41, 5.74) is 2.57. The third-order valence-corrected chi connectivity index (χ3v) is 4.91. The van der Waals surface area contributed by atoms with Gasteiger partial charge in [-0.2, -0.15) is 5.10 Å². The predicted molar refractivity (Wildman–Crippen MR) is 114 cm³/mol. The highest BCUT2D eigenvalue weighted by Crippen LogP contribution is 2.33. The van der Waals surface area contributed by atoms with Crippen molar-refractivity contribution in [3.8, 4) is 29.4 Å². The molecule has 1 fully saturated rings. The quantitative estimate of drug-likeness (QED) is 0.292. The van der Waals surface area contributed by atoms with Crippen LogP contribution >= 0.6 is 0 Å². The second-order valence-electron chi connectivity index (χ2n) is 6.73. The lowest BCUT2D eigenvalue weighted by atomic mass is 10.1. The second kappa shape index (κ2) is 8.33. The van der Waals surface area contributed by atoms with E-state index in [0.717, 1.165) is 41.7 Å². The van der Waals surface area contributed by atoms with Crippen molar-refractivity contribution in [3.05, 3.63) is 60.8 Å². The molecule has 0 aliphatic carbocycles. The first kappa shape index (κ1) is 19.0. The van der Waals surface area contributed by atoms with Crippen LogP contribution in [0.25, 0.3) is 22.3 Å². The van der Waals surface area contributed by atoms with Gasteiger partial charge in [0.05, 0.1) is 11.6 Å². The summed E-state index contributed by atoms with van der Waals surface area (Å²) >= 11 is 0. The standard InChI is InChI=1S/C22H20BN5O/c1-3-5-7-17(4-2)29-18-11-9-16(10-12-18)21-19-14-24-15-25-22(19)28(26-21)20-8-6-13-27(20)23/h1,4-5,7,9-12,14-15,20H,6,8,13H2,2H3/b7-5-,17-4+. The Bertz CT molecular complexity index is 1110. The predicted octanol–water partition coefficient (Wildman–Crippen LogP) is 3.64. The van der Waals surface area contributed by atoms with Crippen LogP contribution in [-0.4, -0.2) is 39.1 Å². The van der Waals surface area contributed by atoms with Gasteiger partial charge < -0.3 is 9.55 Å². The Balaban J connectivity index is 1.67. The molecule has 0 bridgehead atoms. The topological polar surface area (TPSA) is 56.1 Å². The molecule has 3 heterocycles. The minimum Gasteiger partial charge on any atom is -0.458 e. The first-order chi connectivity index (χ1) is 14.2. The molecule has 0 saturated carbocycles. The average molecular weight is 381 g/mol. The van der Waals surface area contributed by atoms with Gasteiger partial charge >= 0.3 is 0 Å². The summed E-state index contributed by atoms with van der Waals surface area (Å²) in [6.45, 7) is 2.74. The molecule has 7 heteroatoms. The lowest BCUT2D eigenvalue weighted by Gasteiger charge is -2.20. The maximum atomic E-state index is 6.15. The maximum Gasteiger partial charge on any atom is 0.185 e. The molecule has 1 saturated heterocycles. The van der Waals surface area contributed by atoms with E-state index in [1.807, 2.05) is 46.8 Å². The van der Waals surface area contributed by atoms with Gasteiger partial charge in [-0.1, -0.05) is 5.92 Å². The van der Waals surface area contributed by atoms with Crippen molar-refractivity contribution in [1.82, 2.24) is 24.6 Å². The van der Waals surface area contributed by atoms with Crippen molar-refractivity contribution >= 4 is 19.0 Å². The van der Waals surface area contributed by atoms with Gasteiger partial charge in [-0.25, -0.2) is 14.6 Å². The first-order valence-corrected chi connectivity index (χ1v) is 9.48. The molecule has 1 unspecified atom stereocenters. The molecule has 1 aliphatic rings. The minimum atomic E-state index is 0.00366. The van der Waals surface area contributed by atoms with E-state index in [2.05, 4.69) is 15.9 Å². The van der Waals surface area contributed by atoms with E-state index in [1.165, 1.54) is 0 Å². The van der Waals surface area contributed by atoms with Gasteiger partial charge in [0, 0.05) is 11.8 Å². The highest BCUT2D eigenvalue weighted by Gasteiger charge is 2.26. The molecule has 29 heavy (non-hydrogen) atoms. The van der Waals surface area contributed by atoms with Crippen molar-refractivity contribution in [2.75, 3.05) is 6.54 Å². The lowest BCUT2D eigenvalue weighted by molar-refractivity contribution is 0.306. The zero-order chi connectivity index (χ0) is 20.2. The Hall–Kier alpha value is -3.37. The average Bonchev–Trinajstić information content (AvgIpc) is 3.35. The lowest BCUT2D eigenvalue weighted by Crippen LogP contribution is -2.25. The Morgan fingerprint density at radius 3 is 2.86 bits per heavy atom. The largest absolute Gasteiger partial charge is 0.458 e. The van der Waals surface area contributed by atoms with Crippen LogP contribution in [0.5, 0.6) is 5.75 Å². The molecule has 2 radical (unpaired) electrons. The Labute approximate surface area is 171 Å². The molecule has 1 aromatic carbocycles. The molecule has 142 valence electrons. The fraction of sp³-hybridized carbons (Fsp3) is 0.227. The second-order valence-corrected chi connectivity index (χ2v) is 6.73. The zero-order valence-corrected chi connectivity index (χ0v) is 16.2. The van der Waals surface area contributed by atoms with Crippen LogP contribution in [0.1, 0.15) is 25.9 Å². The molecule has 3 aromatic rings. The number of allylic oxidation sites excluding steroid dienone is 3. The number of rotatable bonds is 5. The first-order valence-electron chi connectivity index (χ1n) is 9.48. The third-order valence-electron chi connectivity index (χ3n) is 4.91. The molecule has 2 aromatic heterocycles. The van der Waals surface area contributed by atoms with Crippen molar-refractivity contribution < 1.29 is 4.74 Å². The maximum absolute atomic E-state index is 6.15. The zero-order valence-electron chi connectivity index (χ0n) is 16.2. The summed E-state index contributed by atoms with van der Waals surface area (Å²) in [7, 11) is 6.15. The molecular weight excluding hydrogens is 361 g/mol. The summed E-state index contributed by atoms with van der Waals surface area (Å²) < 4.78 is 7.76. The summed E-state index contributed by atoms with van der Waals surface area (Å²) in [5, 5.41) is 5.74. The molecule has 0 spiro atoms. The van der Waals surface area contributed by atoms with Crippen molar-refractivity contribution in [1.29, 1.82) is 0 Å². The van der Waals surface area contributed by atoms with Crippen LogP contribution < -0.4 is 4.74 Å². The molecular formula is C22H20BN5O. The summed E-state index contributed by atoms with van der Waals surface area (Å²) in [5.74, 6) is 3.86. The number of ether oxygens (including phenoxy) is 1. The van der Waals surface area contributed by atoms with E-state index < -0.39 is 0 Å². The van der Waals surface area contributed by atoms with Crippen LogP contribution in [0.2, 0.25) is 0 Å². The summed E-state index contributed by atoms with van der Waals surface area (Å²) in [6, 6.07) is 7.76. The number of terminal acetylenes is 1. The molecule has 6 nitrogen and oxygen atoms in total. The number of aromatic nitrogens is 4. The summed E-state index contributed by atoms with van der Waals surface area (Å²) in [4.78, 5) is 10.5. The van der Waals surface area contributed by atoms with Gasteiger partial charge in [-0.05, 0) is 68.8 Å². The summed E-state index contributed by atoms with van der Waals surface area (Å²) in [6.07, 6.45) is 15.8. The molecule has 1 aliphatic heterocycles.